The number of aliphatic hydroxyl groups is 1. The van der Waals surface area contributed by atoms with Crippen molar-refractivity contribution in [1.82, 2.24) is 0 Å². The van der Waals surface area contributed by atoms with Crippen molar-refractivity contribution in [1.29, 1.82) is 5.26 Å². The summed E-state index contributed by atoms with van der Waals surface area (Å²) in [6.07, 6.45) is 3.27. The number of nitriles is 1. The third-order valence-corrected chi connectivity index (χ3v) is 5.40. The molecule has 1 atom stereocenters. The summed E-state index contributed by atoms with van der Waals surface area (Å²) >= 11 is 0. The molecule has 1 unspecified atom stereocenters. The minimum Gasteiger partial charge on any atom is -0.388 e. The molecular weight excluding hydrogens is 266 g/mol. The second-order valence-corrected chi connectivity index (χ2v) is 7.71. The van der Waals surface area contributed by atoms with Gasteiger partial charge in [0, 0.05) is 20.6 Å². The second kappa shape index (κ2) is 6.64. The van der Waals surface area contributed by atoms with Gasteiger partial charge >= 0.3 is 0 Å². The molecule has 1 saturated carbocycles. The van der Waals surface area contributed by atoms with E-state index in [1.54, 1.807) is 21.1 Å². The molecule has 0 aromatic rings. The molecule has 21 heavy (non-hydrogen) atoms. The van der Waals surface area contributed by atoms with Crippen LogP contribution in [0.25, 0.3) is 0 Å². The first-order valence-electron chi connectivity index (χ1n) is 7.81. The van der Waals surface area contributed by atoms with Crippen LogP contribution in [0.3, 0.4) is 0 Å². The van der Waals surface area contributed by atoms with Gasteiger partial charge in [0.1, 0.15) is 0 Å². The molecule has 1 aliphatic carbocycles. The highest BCUT2D eigenvalue weighted by molar-refractivity contribution is 5.12. The third-order valence-electron chi connectivity index (χ3n) is 5.40. The van der Waals surface area contributed by atoms with E-state index < -0.39 is 17.3 Å². The molecule has 4 heteroatoms. The molecule has 0 aromatic heterocycles. The summed E-state index contributed by atoms with van der Waals surface area (Å²) < 4.78 is 10.4. The van der Waals surface area contributed by atoms with Crippen molar-refractivity contribution < 1.29 is 14.6 Å². The van der Waals surface area contributed by atoms with Gasteiger partial charge in [-0.2, -0.15) is 5.26 Å². The zero-order valence-corrected chi connectivity index (χ0v) is 14.4. The van der Waals surface area contributed by atoms with Crippen molar-refractivity contribution >= 4 is 0 Å². The van der Waals surface area contributed by atoms with Crippen LogP contribution >= 0.6 is 0 Å². The van der Waals surface area contributed by atoms with Gasteiger partial charge in [0.2, 0.25) is 0 Å². The molecule has 0 aromatic carbocycles. The maximum atomic E-state index is 10.9. The fraction of sp³-hybridized carbons (Fsp3) is 0.941. The van der Waals surface area contributed by atoms with Crippen molar-refractivity contribution in [3.63, 3.8) is 0 Å². The summed E-state index contributed by atoms with van der Waals surface area (Å²) in [5.74, 6) is 0.607. The van der Waals surface area contributed by atoms with Gasteiger partial charge < -0.3 is 14.6 Å². The number of ether oxygens (including phenoxy) is 2. The molecule has 0 saturated heterocycles. The van der Waals surface area contributed by atoms with Gasteiger partial charge in [0.15, 0.2) is 6.29 Å². The maximum absolute atomic E-state index is 10.9. The summed E-state index contributed by atoms with van der Waals surface area (Å²) in [6.45, 7) is 8.50. The Bertz CT molecular complexity index is 366. The Morgan fingerprint density at radius 1 is 1.19 bits per heavy atom. The molecule has 1 rings (SSSR count). The Balaban J connectivity index is 2.85. The zero-order chi connectivity index (χ0) is 16.3. The lowest BCUT2D eigenvalue weighted by Crippen LogP contribution is -2.50. The van der Waals surface area contributed by atoms with Crippen molar-refractivity contribution in [3.8, 4) is 6.07 Å². The molecule has 0 bridgehead atoms. The Morgan fingerprint density at radius 3 is 2.00 bits per heavy atom. The van der Waals surface area contributed by atoms with Gasteiger partial charge in [-0.15, -0.1) is 0 Å². The Kier molecular flexibility index (Phi) is 5.83. The lowest BCUT2D eigenvalue weighted by molar-refractivity contribution is -0.168. The summed E-state index contributed by atoms with van der Waals surface area (Å²) in [5, 5.41) is 20.7. The Morgan fingerprint density at radius 2 is 1.67 bits per heavy atom. The molecule has 1 fully saturated rings. The van der Waals surface area contributed by atoms with Gasteiger partial charge in [-0.05, 0) is 43.9 Å². The van der Waals surface area contributed by atoms with E-state index in [0.717, 1.165) is 25.7 Å². The van der Waals surface area contributed by atoms with Crippen LogP contribution in [0.2, 0.25) is 0 Å². The highest BCUT2D eigenvalue weighted by atomic mass is 16.7. The van der Waals surface area contributed by atoms with Crippen molar-refractivity contribution in [2.24, 2.45) is 16.7 Å². The highest BCUT2D eigenvalue weighted by Gasteiger charge is 2.51. The average molecular weight is 297 g/mol. The van der Waals surface area contributed by atoms with Gasteiger partial charge in [0.05, 0.1) is 17.1 Å². The first-order valence-corrected chi connectivity index (χ1v) is 7.81. The van der Waals surface area contributed by atoms with Gasteiger partial charge in [-0.1, -0.05) is 20.8 Å². The summed E-state index contributed by atoms with van der Waals surface area (Å²) in [7, 11) is 3.11. The first kappa shape index (κ1) is 18.4. The predicted octanol–water partition coefficient (Wildman–Crippen LogP) is 3.49. The quantitative estimate of drug-likeness (QED) is 0.789. The van der Waals surface area contributed by atoms with Gasteiger partial charge in [-0.3, -0.25) is 0 Å². The number of rotatable bonds is 5. The van der Waals surface area contributed by atoms with Crippen LogP contribution in [0, 0.1) is 28.1 Å². The van der Waals surface area contributed by atoms with Crippen molar-refractivity contribution in [2.45, 2.75) is 71.7 Å². The zero-order valence-electron chi connectivity index (χ0n) is 14.4. The standard InChI is InChI=1S/C17H31NO3/c1-15(2,3)13-7-9-17(12-18,10-8-13)16(4,19)11-14(20-5)21-6/h13-14,19H,7-11H2,1-6H3. The van der Waals surface area contributed by atoms with E-state index >= 15 is 0 Å². The molecule has 0 aliphatic heterocycles. The summed E-state index contributed by atoms with van der Waals surface area (Å²) in [6, 6.07) is 2.42. The smallest absolute Gasteiger partial charge is 0.159 e. The van der Waals surface area contributed by atoms with E-state index in [4.69, 9.17) is 9.47 Å². The normalized spacial score (nSPS) is 30.0. The summed E-state index contributed by atoms with van der Waals surface area (Å²) in [5.41, 5.74) is -1.56. The highest BCUT2D eigenvalue weighted by Crippen LogP contribution is 2.51. The van der Waals surface area contributed by atoms with Crippen LogP contribution in [0.1, 0.15) is 59.8 Å². The van der Waals surface area contributed by atoms with E-state index in [2.05, 4.69) is 26.8 Å². The molecule has 4 nitrogen and oxygen atoms in total. The topological polar surface area (TPSA) is 62.5 Å². The largest absolute Gasteiger partial charge is 0.388 e. The fourth-order valence-corrected chi connectivity index (χ4v) is 3.53. The fourth-order valence-electron chi connectivity index (χ4n) is 3.53. The monoisotopic (exact) mass is 297 g/mol. The molecule has 1 aliphatic rings. The minimum absolute atomic E-state index is 0.259. The Labute approximate surface area is 129 Å². The van der Waals surface area contributed by atoms with Gasteiger partial charge in [0.25, 0.3) is 0 Å². The molecule has 1 N–H and O–H groups in total. The van der Waals surface area contributed by atoms with Crippen LogP contribution in [-0.2, 0) is 9.47 Å². The minimum atomic E-state index is -1.11. The molecule has 0 amide bonds. The van der Waals surface area contributed by atoms with Crippen molar-refractivity contribution in [3.05, 3.63) is 0 Å². The lowest BCUT2D eigenvalue weighted by atomic mass is 9.58. The Hall–Kier alpha value is -0.630. The van der Waals surface area contributed by atoms with Crippen LogP contribution in [0.5, 0.6) is 0 Å². The number of nitrogens with zero attached hydrogens (tertiary/aromatic N) is 1. The van der Waals surface area contributed by atoms with Crippen LogP contribution in [0.4, 0.5) is 0 Å². The SMILES string of the molecule is COC(CC(C)(O)C1(C#N)CCC(C(C)(C)C)CC1)OC. The van der Waals surface area contributed by atoms with E-state index in [1.807, 2.05) is 0 Å². The predicted molar refractivity (Wildman–Crippen MR) is 82.5 cm³/mol. The maximum Gasteiger partial charge on any atom is 0.159 e. The van der Waals surface area contributed by atoms with E-state index in [-0.39, 0.29) is 5.41 Å². The number of hydrogen-bond acceptors (Lipinski definition) is 4. The van der Waals surface area contributed by atoms with E-state index in [9.17, 15) is 10.4 Å². The number of hydrogen-bond donors (Lipinski definition) is 1. The second-order valence-electron chi connectivity index (χ2n) is 7.71. The molecule has 0 radical (unpaired) electrons. The lowest BCUT2D eigenvalue weighted by Gasteiger charge is -2.47. The van der Waals surface area contributed by atoms with Crippen molar-refractivity contribution in [2.75, 3.05) is 14.2 Å². The molecule has 0 heterocycles. The molecular formula is C17H31NO3. The average Bonchev–Trinajstić information content (AvgIpc) is 2.43. The van der Waals surface area contributed by atoms with Gasteiger partial charge in [-0.25, -0.2) is 0 Å². The van der Waals surface area contributed by atoms with Crippen LogP contribution in [-0.4, -0.2) is 31.2 Å². The first-order chi connectivity index (χ1) is 9.62. The van der Waals surface area contributed by atoms with E-state index in [0.29, 0.717) is 12.3 Å². The third kappa shape index (κ3) is 3.97. The van der Waals surface area contributed by atoms with Crippen LogP contribution < -0.4 is 0 Å². The van der Waals surface area contributed by atoms with Crippen LogP contribution in [0.15, 0.2) is 0 Å². The van der Waals surface area contributed by atoms with E-state index in [1.165, 1.54) is 0 Å². The molecule has 122 valence electrons. The molecule has 0 spiro atoms. The summed E-state index contributed by atoms with van der Waals surface area (Å²) in [4.78, 5) is 0. The number of methoxy groups -OCH3 is 2.